The van der Waals surface area contributed by atoms with Crippen LogP contribution >= 0.6 is 0 Å². The summed E-state index contributed by atoms with van der Waals surface area (Å²) in [6, 6.07) is 6.20. The van der Waals surface area contributed by atoms with E-state index in [1.807, 2.05) is 6.07 Å². The summed E-state index contributed by atoms with van der Waals surface area (Å²) in [5.74, 6) is 1.47. The highest BCUT2D eigenvalue weighted by atomic mass is 16.5. The zero-order valence-corrected chi connectivity index (χ0v) is 9.73. The standard InChI is InChI=1S/C13H16N2O/c1-15-6-5-10-11-7-9(16-2)3-4-12(11)14-13(10)8-15/h3-4,7,10H,5-6,8H2,1-2H3. The third-order valence-electron chi connectivity index (χ3n) is 3.51. The molecule has 3 nitrogen and oxygen atoms in total. The summed E-state index contributed by atoms with van der Waals surface area (Å²) in [6.07, 6.45) is 1.18. The molecule has 1 unspecified atom stereocenters. The first-order chi connectivity index (χ1) is 7.78. The molecule has 2 aliphatic rings. The normalized spacial score (nSPS) is 23.6. The van der Waals surface area contributed by atoms with E-state index in [-0.39, 0.29) is 0 Å². The van der Waals surface area contributed by atoms with Crippen LogP contribution in [0.3, 0.4) is 0 Å². The molecule has 1 saturated heterocycles. The van der Waals surface area contributed by atoms with Crippen molar-refractivity contribution in [2.24, 2.45) is 4.99 Å². The lowest BCUT2D eigenvalue weighted by atomic mass is 9.89. The fourth-order valence-electron chi connectivity index (χ4n) is 2.63. The van der Waals surface area contributed by atoms with Gasteiger partial charge in [-0.25, -0.2) is 0 Å². The third kappa shape index (κ3) is 1.43. The smallest absolute Gasteiger partial charge is 0.119 e. The quantitative estimate of drug-likeness (QED) is 0.719. The van der Waals surface area contributed by atoms with E-state index in [1.165, 1.54) is 17.7 Å². The molecule has 2 heterocycles. The van der Waals surface area contributed by atoms with Crippen LogP contribution in [0.15, 0.2) is 23.2 Å². The SMILES string of the molecule is COc1ccc2c(c1)C1CCN(C)CC1=N2. The highest BCUT2D eigenvalue weighted by Gasteiger charge is 2.31. The van der Waals surface area contributed by atoms with Crippen molar-refractivity contribution in [3.05, 3.63) is 23.8 Å². The number of likely N-dealkylation sites (tertiary alicyclic amines) is 1. The van der Waals surface area contributed by atoms with Crippen molar-refractivity contribution in [3.63, 3.8) is 0 Å². The second-order valence-corrected chi connectivity index (χ2v) is 4.61. The summed E-state index contributed by atoms with van der Waals surface area (Å²) in [4.78, 5) is 7.05. The van der Waals surface area contributed by atoms with E-state index in [2.05, 4.69) is 24.1 Å². The van der Waals surface area contributed by atoms with Gasteiger partial charge >= 0.3 is 0 Å². The van der Waals surface area contributed by atoms with Crippen LogP contribution in [0, 0.1) is 0 Å². The van der Waals surface area contributed by atoms with Crippen LogP contribution in [-0.2, 0) is 0 Å². The minimum atomic E-state index is 0.529. The van der Waals surface area contributed by atoms with Gasteiger partial charge in [0.05, 0.1) is 12.8 Å². The Morgan fingerprint density at radius 2 is 2.31 bits per heavy atom. The molecule has 1 aromatic rings. The molecule has 0 radical (unpaired) electrons. The number of ether oxygens (including phenoxy) is 1. The number of methoxy groups -OCH3 is 1. The van der Waals surface area contributed by atoms with E-state index < -0.39 is 0 Å². The van der Waals surface area contributed by atoms with Crippen LogP contribution in [0.2, 0.25) is 0 Å². The number of nitrogens with zero attached hydrogens (tertiary/aromatic N) is 2. The maximum atomic E-state index is 5.28. The van der Waals surface area contributed by atoms with Crippen molar-refractivity contribution < 1.29 is 4.74 Å². The maximum Gasteiger partial charge on any atom is 0.119 e. The first-order valence-corrected chi connectivity index (χ1v) is 5.72. The van der Waals surface area contributed by atoms with Crippen molar-refractivity contribution in [3.8, 4) is 5.75 Å². The lowest BCUT2D eigenvalue weighted by Crippen LogP contribution is -2.35. The Morgan fingerprint density at radius 1 is 1.44 bits per heavy atom. The van der Waals surface area contributed by atoms with Crippen LogP contribution in [0.1, 0.15) is 17.9 Å². The van der Waals surface area contributed by atoms with Gasteiger partial charge in [0.1, 0.15) is 5.75 Å². The monoisotopic (exact) mass is 216 g/mol. The molecule has 2 aliphatic heterocycles. The second-order valence-electron chi connectivity index (χ2n) is 4.61. The van der Waals surface area contributed by atoms with Crippen molar-refractivity contribution >= 4 is 11.4 Å². The molecule has 16 heavy (non-hydrogen) atoms. The summed E-state index contributed by atoms with van der Waals surface area (Å²) in [5.41, 5.74) is 3.80. The Morgan fingerprint density at radius 3 is 3.12 bits per heavy atom. The lowest BCUT2D eigenvalue weighted by molar-refractivity contribution is 0.344. The van der Waals surface area contributed by atoms with Gasteiger partial charge in [-0.05, 0) is 43.8 Å². The topological polar surface area (TPSA) is 24.8 Å². The molecule has 1 fully saturated rings. The predicted octanol–water partition coefficient (Wildman–Crippen LogP) is 2.20. The van der Waals surface area contributed by atoms with Gasteiger partial charge in [-0.2, -0.15) is 0 Å². The summed E-state index contributed by atoms with van der Waals surface area (Å²) in [5, 5.41) is 0. The van der Waals surface area contributed by atoms with Crippen LogP contribution in [0.4, 0.5) is 5.69 Å². The molecule has 0 bridgehead atoms. The summed E-state index contributed by atoms with van der Waals surface area (Å²) < 4.78 is 5.28. The van der Waals surface area contributed by atoms with Crippen LogP contribution < -0.4 is 4.74 Å². The molecule has 0 spiro atoms. The molecule has 0 amide bonds. The molecule has 3 rings (SSSR count). The van der Waals surface area contributed by atoms with E-state index in [9.17, 15) is 0 Å². The Hall–Kier alpha value is -1.35. The summed E-state index contributed by atoms with van der Waals surface area (Å²) >= 11 is 0. The Kier molecular flexibility index (Phi) is 2.21. The number of benzene rings is 1. The molecule has 1 atom stereocenters. The predicted molar refractivity (Wildman–Crippen MR) is 64.9 cm³/mol. The summed E-state index contributed by atoms with van der Waals surface area (Å²) in [7, 11) is 3.87. The maximum absolute atomic E-state index is 5.28. The number of aliphatic imine (C=N–C) groups is 1. The Balaban J connectivity index is 1.99. The number of rotatable bonds is 1. The van der Waals surface area contributed by atoms with Gasteiger partial charge in [-0.1, -0.05) is 0 Å². The van der Waals surface area contributed by atoms with E-state index in [4.69, 9.17) is 9.73 Å². The van der Waals surface area contributed by atoms with Gasteiger partial charge in [-0.15, -0.1) is 0 Å². The third-order valence-corrected chi connectivity index (χ3v) is 3.51. The van der Waals surface area contributed by atoms with E-state index >= 15 is 0 Å². The molecular formula is C13H16N2O. The Bertz CT molecular complexity index is 453. The minimum Gasteiger partial charge on any atom is -0.497 e. The fourth-order valence-corrected chi connectivity index (χ4v) is 2.63. The summed E-state index contributed by atoms with van der Waals surface area (Å²) in [6.45, 7) is 2.15. The van der Waals surface area contributed by atoms with Crippen LogP contribution in [0.5, 0.6) is 5.75 Å². The molecule has 1 aromatic carbocycles. The number of hydrogen-bond donors (Lipinski definition) is 0. The molecule has 3 heteroatoms. The zero-order valence-electron chi connectivity index (χ0n) is 9.73. The zero-order chi connectivity index (χ0) is 11.1. The highest BCUT2D eigenvalue weighted by Crippen LogP contribution is 2.41. The molecule has 0 aromatic heterocycles. The van der Waals surface area contributed by atoms with Crippen molar-refractivity contribution in [1.82, 2.24) is 4.90 Å². The van der Waals surface area contributed by atoms with Crippen LogP contribution in [0.25, 0.3) is 0 Å². The highest BCUT2D eigenvalue weighted by molar-refractivity contribution is 6.00. The van der Waals surface area contributed by atoms with Gasteiger partial charge in [-0.3, -0.25) is 4.99 Å². The van der Waals surface area contributed by atoms with Gasteiger partial charge in [0.25, 0.3) is 0 Å². The van der Waals surface area contributed by atoms with Gasteiger partial charge in [0.2, 0.25) is 0 Å². The first-order valence-electron chi connectivity index (χ1n) is 5.72. The van der Waals surface area contributed by atoms with E-state index in [1.54, 1.807) is 7.11 Å². The van der Waals surface area contributed by atoms with Crippen molar-refractivity contribution in [1.29, 1.82) is 0 Å². The lowest BCUT2D eigenvalue weighted by Gasteiger charge is -2.27. The van der Waals surface area contributed by atoms with Gasteiger partial charge in [0.15, 0.2) is 0 Å². The molecule has 84 valence electrons. The van der Waals surface area contributed by atoms with Crippen molar-refractivity contribution in [2.75, 3.05) is 27.2 Å². The average molecular weight is 216 g/mol. The number of hydrogen-bond acceptors (Lipinski definition) is 3. The first kappa shape index (κ1) is 9.85. The van der Waals surface area contributed by atoms with Gasteiger partial charge < -0.3 is 9.64 Å². The molecule has 0 aliphatic carbocycles. The molecule has 0 N–H and O–H groups in total. The fraction of sp³-hybridized carbons (Fsp3) is 0.462. The minimum absolute atomic E-state index is 0.529. The molecule has 0 saturated carbocycles. The van der Waals surface area contributed by atoms with E-state index in [0.29, 0.717) is 5.92 Å². The number of piperidine rings is 1. The average Bonchev–Trinajstić information content (AvgIpc) is 2.65. The van der Waals surface area contributed by atoms with E-state index in [0.717, 1.165) is 24.5 Å². The van der Waals surface area contributed by atoms with Gasteiger partial charge in [0, 0.05) is 18.2 Å². The van der Waals surface area contributed by atoms with Crippen LogP contribution in [-0.4, -0.2) is 37.9 Å². The molecular weight excluding hydrogens is 200 g/mol. The number of fused-ring (bicyclic) bond motifs is 3. The Labute approximate surface area is 95.7 Å². The largest absolute Gasteiger partial charge is 0.497 e. The van der Waals surface area contributed by atoms with Crippen molar-refractivity contribution in [2.45, 2.75) is 12.3 Å². The second kappa shape index (κ2) is 3.59.